The molecule has 4 aromatic carbocycles. The van der Waals surface area contributed by atoms with Gasteiger partial charge in [0, 0.05) is 50.4 Å². The van der Waals surface area contributed by atoms with Gasteiger partial charge < -0.3 is 23.3 Å². The van der Waals surface area contributed by atoms with Gasteiger partial charge in [-0.3, -0.25) is 0 Å². The van der Waals surface area contributed by atoms with Crippen LogP contribution in [-0.2, 0) is 33.5 Å². The molecule has 2 aliphatic rings. The van der Waals surface area contributed by atoms with E-state index in [1.165, 1.54) is 55.2 Å². The van der Waals surface area contributed by atoms with E-state index >= 15 is 0 Å². The molecule has 7 heteroatoms. The van der Waals surface area contributed by atoms with Crippen LogP contribution in [0.2, 0.25) is 0 Å². The Labute approximate surface area is 417 Å². The van der Waals surface area contributed by atoms with Crippen molar-refractivity contribution in [1.82, 2.24) is 9.13 Å². The number of aromatic nitrogens is 2. The second kappa shape index (κ2) is 24.9. The highest BCUT2D eigenvalue weighted by atomic mass is 127. The maximum atomic E-state index is 6.71. The summed E-state index contributed by atoms with van der Waals surface area (Å²) in [6.07, 6.45) is 10.5. The summed E-state index contributed by atoms with van der Waals surface area (Å²) < 4.78 is 36.6. The molecule has 348 valence electrons. The number of fused-ring (bicyclic) bond motifs is 2. The van der Waals surface area contributed by atoms with Gasteiger partial charge in [0.05, 0.1) is 23.2 Å². The number of hydrogen-bond acceptors (Lipinski definition) is 3. The predicted octanol–water partition coefficient (Wildman–Crippen LogP) is 16.3. The molecule has 2 saturated heterocycles. The fraction of sp³-hybridized carbons (Fsp3) is 0.509. The van der Waals surface area contributed by atoms with E-state index in [9.17, 15) is 0 Å². The second-order valence-electron chi connectivity index (χ2n) is 18.2. The molecule has 0 N–H and O–H groups in total. The molecule has 0 amide bonds. The normalized spacial score (nSPS) is 26.3. The Morgan fingerprint density at radius 1 is 0.562 bits per heavy atom. The second-order valence-corrected chi connectivity index (χ2v) is 18.2. The van der Waals surface area contributed by atoms with Gasteiger partial charge in [-0.15, -0.1) is 0 Å². The molecule has 0 bridgehead atoms. The predicted molar refractivity (Wildman–Crippen MR) is 290 cm³/mol. The number of benzene rings is 4. The van der Waals surface area contributed by atoms with E-state index in [-0.39, 0.29) is 18.6 Å². The van der Waals surface area contributed by atoms with Crippen molar-refractivity contribution in [3.8, 4) is 0 Å². The van der Waals surface area contributed by atoms with Crippen molar-refractivity contribution in [2.24, 2.45) is 35.5 Å². The summed E-state index contributed by atoms with van der Waals surface area (Å²) in [5, 5.41) is 2.59. The van der Waals surface area contributed by atoms with Crippen molar-refractivity contribution in [3.63, 3.8) is 0 Å². The largest absolute Gasteiger partial charge is 0.372 e. The molecule has 2 aromatic heterocycles. The van der Waals surface area contributed by atoms with Gasteiger partial charge in [0.25, 0.3) is 0 Å². The van der Waals surface area contributed by atoms with E-state index in [1.54, 1.807) is 7.11 Å². The van der Waals surface area contributed by atoms with Crippen molar-refractivity contribution in [1.29, 1.82) is 0 Å². The van der Waals surface area contributed by atoms with E-state index < -0.39 is 0 Å². The van der Waals surface area contributed by atoms with Crippen molar-refractivity contribution in [3.05, 3.63) is 143 Å². The van der Waals surface area contributed by atoms with Crippen LogP contribution < -0.4 is 0 Å². The summed E-state index contributed by atoms with van der Waals surface area (Å²) in [6, 6.07) is 35.4. The zero-order valence-corrected chi connectivity index (χ0v) is 44.9. The smallest absolute Gasteiger partial charge is 0.137 e. The molecule has 2 aliphatic heterocycles. The molecule has 6 aromatic rings. The van der Waals surface area contributed by atoms with E-state index in [4.69, 9.17) is 17.0 Å². The molecule has 64 heavy (non-hydrogen) atoms. The molecule has 0 spiro atoms. The lowest BCUT2D eigenvalue weighted by atomic mass is 9.77. The maximum absolute atomic E-state index is 6.71. The molecule has 4 heterocycles. The maximum Gasteiger partial charge on any atom is 0.137 e. The van der Waals surface area contributed by atoms with E-state index in [1.807, 2.05) is 45.2 Å². The summed E-state index contributed by atoms with van der Waals surface area (Å²) >= 11 is 3.91. The molecular formula is C57H78I2N2O3. The third-order valence-electron chi connectivity index (χ3n) is 15.0. The van der Waals surface area contributed by atoms with Crippen molar-refractivity contribution < 1.29 is 17.0 Å². The Bertz CT molecular complexity index is 2340. The Morgan fingerprint density at radius 2 is 0.984 bits per heavy atom. The molecular weight excluding hydrogens is 1010 g/mol. The van der Waals surface area contributed by atoms with Gasteiger partial charge in [0.1, 0.15) is 18.6 Å². The lowest BCUT2D eigenvalue weighted by Gasteiger charge is -2.44. The Balaban J connectivity index is 0.000000222. The molecule has 3 unspecified atom stereocenters. The van der Waals surface area contributed by atoms with Gasteiger partial charge in [0.2, 0.25) is 0 Å². The van der Waals surface area contributed by atoms with Crippen LogP contribution in [-0.4, -0.2) is 38.3 Å². The first-order valence-corrected chi connectivity index (χ1v) is 26.8. The van der Waals surface area contributed by atoms with Crippen molar-refractivity contribution in [2.75, 3.05) is 16.9 Å². The highest BCUT2D eigenvalue weighted by molar-refractivity contribution is 14.1. The fourth-order valence-corrected chi connectivity index (χ4v) is 10.3. The minimum atomic E-state index is -0.103. The van der Waals surface area contributed by atoms with Crippen LogP contribution in [0.5, 0.6) is 0 Å². The van der Waals surface area contributed by atoms with Crippen LogP contribution in [0.15, 0.2) is 109 Å². The minimum Gasteiger partial charge on any atom is -0.372 e. The molecule has 0 saturated carbocycles. The minimum absolute atomic E-state index is 0.0368. The van der Waals surface area contributed by atoms with E-state index in [0.717, 1.165) is 32.1 Å². The van der Waals surface area contributed by atoms with Gasteiger partial charge in [0.15, 0.2) is 0 Å². The summed E-state index contributed by atoms with van der Waals surface area (Å²) in [7, 11) is 1.81. The zero-order valence-electron chi connectivity index (χ0n) is 42.6. The van der Waals surface area contributed by atoms with Gasteiger partial charge in [-0.25, -0.2) is 0 Å². The number of aryl methyl sites for hydroxylation is 2. The highest BCUT2D eigenvalue weighted by Crippen LogP contribution is 2.45. The summed E-state index contributed by atoms with van der Waals surface area (Å²) in [5.74, 6) is 3.34. The molecule has 2 fully saturated rings. The van der Waals surface area contributed by atoms with E-state index in [0.29, 0.717) is 57.5 Å². The Hall–Kier alpha value is -2.70. The SMILES string of the molecule is CCc1ccc(C(OC)c2cn(C3O[C@H](CC)[C@@H](C)[C@H](C)[C@H]3C)c3ccccc23)cc1.CCc1ccc(Cc2cn(C3O[C@H](CC)[C@@H](C)[C@H](C)[C@H]3C)c3ccccc23)cc1.[3H]CI.[3H]CI. The Kier molecular flexibility index (Phi) is 19.1. The lowest BCUT2D eigenvalue weighted by molar-refractivity contribution is -0.166. The number of para-hydroxylation sites is 2. The number of rotatable bonds is 11. The van der Waals surface area contributed by atoms with Crippen molar-refractivity contribution >= 4 is 67.0 Å². The van der Waals surface area contributed by atoms with Crippen LogP contribution in [0.4, 0.5) is 0 Å². The van der Waals surface area contributed by atoms with Crippen LogP contribution in [0.25, 0.3) is 21.8 Å². The molecule has 0 aliphatic carbocycles. The van der Waals surface area contributed by atoms with Crippen LogP contribution in [0.3, 0.4) is 0 Å². The highest BCUT2D eigenvalue weighted by Gasteiger charge is 2.41. The average molecular weight is 1100 g/mol. The first-order valence-electron chi connectivity index (χ1n) is 25.2. The van der Waals surface area contributed by atoms with E-state index in [2.05, 4.69) is 188 Å². The number of alkyl halides is 2. The number of nitrogens with zero attached hydrogens (tertiary/aromatic N) is 2. The topological polar surface area (TPSA) is 37.5 Å². The van der Waals surface area contributed by atoms with Gasteiger partial charge in [-0.1, -0.05) is 199 Å². The summed E-state index contributed by atoms with van der Waals surface area (Å²) in [6.45, 7) is 23.0. The number of halogens is 2. The summed E-state index contributed by atoms with van der Waals surface area (Å²) in [4.78, 5) is 0.940. The van der Waals surface area contributed by atoms with Gasteiger partial charge in [-0.05, 0) is 106 Å². The van der Waals surface area contributed by atoms with Crippen molar-refractivity contribution in [2.45, 2.75) is 132 Å². The summed E-state index contributed by atoms with van der Waals surface area (Å²) in [5.41, 5.74) is 10.4. The molecule has 0 radical (unpaired) electrons. The Morgan fingerprint density at radius 3 is 1.45 bits per heavy atom. The monoisotopic (exact) mass is 1100 g/mol. The third-order valence-corrected chi connectivity index (χ3v) is 15.0. The lowest BCUT2D eigenvalue weighted by Crippen LogP contribution is -2.42. The first kappa shape index (κ1) is 49.2. The van der Waals surface area contributed by atoms with Crippen LogP contribution >= 0.6 is 45.2 Å². The van der Waals surface area contributed by atoms with Crippen LogP contribution in [0, 0.1) is 35.5 Å². The number of hydrogen-bond donors (Lipinski definition) is 0. The molecule has 5 nitrogen and oxygen atoms in total. The number of methoxy groups -OCH3 is 1. The first-order chi connectivity index (χ1) is 31.9. The van der Waals surface area contributed by atoms with Crippen LogP contribution in [0.1, 0.15) is 137 Å². The average Bonchev–Trinajstić information content (AvgIpc) is 3.90. The van der Waals surface area contributed by atoms with Gasteiger partial charge >= 0.3 is 0 Å². The molecule has 11 atom stereocenters. The third kappa shape index (κ3) is 11.3. The standard InChI is InChI=1S/C28H37NO2.C27H35NO.2CH3I/c1-7-21-13-15-22(16-14-21)27(30-6)24-17-29(25-12-10-9-11-23(24)25)28-20(5)18(3)19(4)26(8-2)31-28;1-6-21-12-14-22(15-13-21)16-23-17-28(25-11-9-8-10-24(23)25)27-20(5)18(3)19(4)26(7-2)29-27;2*1-2/h9-20,26-28H,7-8H2,1-6H3;8-15,17-20,26-27H,6-7,16H2,1-5H3;2*1H3/t18-,19-,20+,26+,27?,28?;18-,19-,20+,26+,27?;;/m00../s1/i;;2*1T. The zero-order chi connectivity index (χ0) is 48.1. The molecule has 8 rings (SSSR count). The quantitative estimate of drug-likeness (QED) is 0.0958. The fourth-order valence-electron chi connectivity index (χ4n) is 10.3. The van der Waals surface area contributed by atoms with Gasteiger partial charge in [-0.2, -0.15) is 0 Å². The number of ether oxygens (including phenoxy) is 3.